The number of halogens is 2. The van der Waals surface area contributed by atoms with Crippen LogP contribution >= 0.6 is 34.0 Å². The zero-order chi connectivity index (χ0) is 28.0. The Labute approximate surface area is 265 Å². The highest BCUT2D eigenvalue weighted by Crippen LogP contribution is 2.25. The van der Waals surface area contributed by atoms with Gasteiger partial charge in [0.15, 0.2) is 0 Å². The molecule has 6 nitrogen and oxygen atoms in total. The van der Waals surface area contributed by atoms with E-state index in [1.54, 1.807) is 0 Å². The number of amides is 2. The van der Waals surface area contributed by atoms with E-state index in [4.69, 9.17) is 0 Å². The van der Waals surface area contributed by atoms with Crippen LogP contribution in [0, 0.1) is 11.8 Å². The highest BCUT2D eigenvalue weighted by molar-refractivity contribution is 8.93. The summed E-state index contributed by atoms with van der Waals surface area (Å²) in [6, 6.07) is 9.96. The molecule has 2 amide bonds. The van der Waals surface area contributed by atoms with Gasteiger partial charge < -0.3 is 9.80 Å². The number of nitrogens with zero attached hydrogens (tertiary/aromatic N) is 4. The Morgan fingerprint density at radius 1 is 0.650 bits per heavy atom. The average Bonchev–Trinajstić information content (AvgIpc) is 2.84. The van der Waals surface area contributed by atoms with Crippen LogP contribution in [0.2, 0.25) is 0 Å². The summed E-state index contributed by atoms with van der Waals surface area (Å²) in [4.78, 5) is 35.5. The van der Waals surface area contributed by atoms with Gasteiger partial charge in [0, 0.05) is 50.3 Å². The van der Waals surface area contributed by atoms with Crippen LogP contribution in [0.5, 0.6) is 0 Å². The summed E-state index contributed by atoms with van der Waals surface area (Å²) >= 11 is 0. The van der Waals surface area contributed by atoms with Crippen molar-refractivity contribution in [3.05, 3.63) is 35.4 Å². The SMILES string of the molecule is Br.Br.CC(C)N(C(=O)C1CCCN(Cc2ccc(CN3CCCC(C(=O)N(C(C)C)C(C)C)C3)cc2)C1)C(C)C. The molecular formula is C32H56Br2N4O2. The molecule has 1 aromatic rings. The Balaban J connectivity index is 0.00000400. The average molecular weight is 689 g/mol. The van der Waals surface area contributed by atoms with Crippen molar-refractivity contribution in [3.8, 4) is 0 Å². The Bertz CT molecular complexity index is 818. The lowest BCUT2D eigenvalue weighted by atomic mass is 9.94. The molecule has 2 heterocycles. The number of hydrogen-bond acceptors (Lipinski definition) is 4. The van der Waals surface area contributed by atoms with Gasteiger partial charge in [-0.2, -0.15) is 0 Å². The van der Waals surface area contributed by atoms with Crippen molar-refractivity contribution in [2.45, 2.75) is 118 Å². The lowest BCUT2D eigenvalue weighted by Crippen LogP contribution is -2.49. The predicted molar refractivity (Wildman–Crippen MR) is 177 cm³/mol. The molecular weight excluding hydrogens is 632 g/mol. The highest BCUT2D eigenvalue weighted by Gasteiger charge is 2.33. The highest BCUT2D eigenvalue weighted by atomic mass is 79.9. The number of likely N-dealkylation sites (tertiary alicyclic amines) is 2. The molecule has 1 aromatic carbocycles. The first-order valence-electron chi connectivity index (χ1n) is 15.1. The fourth-order valence-corrected chi connectivity index (χ4v) is 6.70. The van der Waals surface area contributed by atoms with Crippen molar-refractivity contribution in [1.82, 2.24) is 19.6 Å². The molecule has 2 fully saturated rings. The quantitative estimate of drug-likeness (QED) is 0.280. The summed E-state index contributed by atoms with van der Waals surface area (Å²) in [6.45, 7) is 22.6. The molecule has 2 aliphatic rings. The van der Waals surface area contributed by atoms with Crippen molar-refractivity contribution < 1.29 is 9.59 Å². The first-order valence-corrected chi connectivity index (χ1v) is 15.1. The number of benzene rings is 1. The van der Waals surface area contributed by atoms with Crippen molar-refractivity contribution in [2.75, 3.05) is 26.2 Å². The largest absolute Gasteiger partial charge is 0.338 e. The molecule has 40 heavy (non-hydrogen) atoms. The Morgan fingerprint density at radius 2 is 0.950 bits per heavy atom. The Kier molecular flexibility index (Phi) is 16.0. The number of carbonyl (C=O) groups is 2. The number of piperidine rings is 2. The first-order chi connectivity index (χ1) is 18.0. The van der Waals surface area contributed by atoms with Gasteiger partial charge in [0.05, 0.1) is 11.8 Å². The molecule has 8 heteroatoms. The van der Waals surface area contributed by atoms with Crippen LogP contribution in [0.4, 0.5) is 0 Å². The molecule has 3 rings (SSSR count). The zero-order valence-electron chi connectivity index (χ0n) is 26.3. The third-order valence-corrected chi connectivity index (χ3v) is 8.28. The van der Waals surface area contributed by atoms with E-state index in [9.17, 15) is 9.59 Å². The molecule has 0 spiro atoms. The summed E-state index contributed by atoms with van der Waals surface area (Å²) in [5.74, 6) is 0.839. The molecule has 0 bridgehead atoms. The van der Waals surface area contributed by atoms with E-state index in [0.29, 0.717) is 11.8 Å². The summed E-state index contributed by atoms with van der Waals surface area (Å²) in [5, 5.41) is 0. The Morgan fingerprint density at radius 3 is 1.23 bits per heavy atom. The van der Waals surface area contributed by atoms with E-state index in [0.717, 1.165) is 65.0 Å². The van der Waals surface area contributed by atoms with Crippen LogP contribution in [0.15, 0.2) is 24.3 Å². The molecule has 2 unspecified atom stereocenters. The van der Waals surface area contributed by atoms with Gasteiger partial charge in [-0.25, -0.2) is 0 Å². The van der Waals surface area contributed by atoms with Gasteiger partial charge in [0.2, 0.25) is 11.8 Å². The molecule has 0 aliphatic carbocycles. The van der Waals surface area contributed by atoms with Crippen LogP contribution < -0.4 is 0 Å². The molecule has 0 aromatic heterocycles. The minimum Gasteiger partial charge on any atom is -0.338 e. The molecule has 0 radical (unpaired) electrons. The summed E-state index contributed by atoms with van der Waals surface area (Å²) in [5.41, 5.74) is 2.62. The van der Waals surface area contributed by atoms with E-state index in [2.05, 4.69) is 99.3 Å². The van der Waals surface area contributed by atoms with Gasteiger partial charge in [-0.1, -0.05) is 24.3 Å². The summed E-state index contributed by atoms with van der Waals surface area (Å²) in [7, 11) is 0. The molecule has 230 valence electrons. The van der Waals surface area contributed by atoms with E-state index in [1.807, 2.05) is 0 Å². The zero-order valence-corrected chi connectivity index (χ0v) is 29.7. The van der Waals surface area contributed by atoms with Crippen LogP contribution in [0.1, 0.15) is 92.2 Å². The second-order valence-electron chi connectivity index (χ2n) is 12.8. The lowest BCUT2D eigenvalue weighted by molar-refractivity contribution is -0.142. The summed E-state index contributed by atoms with van der Waals surface area (Å²) < 4.78 is 0. The van der Waals surface area contributed by atoms with Crippen molar-refractivity contribution in [2.24, 2.45) is 11.8 Å². The van der Waals surface area contributed by atoms with Gasteiger partial charge in [0.1, 0.15) is 0 Å². The van der Waals surface area contributed by atoms with E-state index >= 15 is 0 Å². The number of carbonyl (C=O) groups excluding carboxylic acids is 2. The lowest BCUT2D eigenvalue weighted by Gasteiger charge is -2.38. The second-order valence-corrected chi connectivity index (χ2v) is 12.8. The van der Waals surface area contributed by atoms with E-state index in [1.165, 1.54) is 11.1 Å². The second kappa shape index (κ2) is 17.2. The van der Waals surface area contributed by atoms with Gasteiger partial charge in [-0.05, 0) is 105 Å². The maximum Gasteiger partial charge on any atom is 0.227 e. The number of hydrogen-bond donors (Lipinski definition) is 0. The molecule has 2 aliphatic heterocycles. The van der Waals surface area contributed by atoms with Crippen molar-refractivity contribution >= 4 is 45.8 Å². The van der Waals surface area contributed by atoms with Crippen LogP contribution in [0.25, 0.3) is 0 Å². The third-order valence-electron chi connectivity index (χ3n) is 8.28. The maximum atomic E-state index is 13.3. The molecule has 0 saturated carbocycles. The van der Waals surface area contributed by atoms with Crippen LogP contribution in [-0.4, -0.2) is 81.8 Å². The van der Waals surface area contributed by atoms with Crippen LogP contribution in [-0.2, 0) is 22.7 Å². The smallest absolute Gasteiger partial charge is 0.227 e. The fourth-order valence-electron chi connectivity index (χ4n) is 6.70. The third kappa shape index (κ3) is 10.1. The van der Waals surface area contributed by atoms with Gasteiger partial charge >= 0.3 is 0 Å². The monoisotopic (exact) mass is 686 g/mol. The van der Waals surface area contributed by atoms with E-state index in [-0.39, 0.29) is 70.0 Å². The van der Waals surface area contributed by atoms with Gasteiger partial charge in [-0.3, -0.25) is 19.4 Å². The minimum absolute atomic E-state index is 0. The topological polar surface area (TPSA) is 47.1 Å². The normalized spacial score (nSPS) is 20.4. The molecule has 2 atom stereocenters. The minimum atomic E-state index is 0. The van der Waals surface area contributed by atoms with E-state index < -0.39 is 0 Å². The summed E-state index contributed by atoms with van der Waals surface area (Å²) in [6.07, 6.45) is 4.15. The van der Waals surface area contributed by atoms with Crippen LogP contribution in [0.3, 0.4) is 0 Å². The standard InChI is InChI=1S/C32H54N4O2.2BrH/c1-23(2)35(24(3)4)31(37)29-11-9-17-33(21-29)19-27-13-15-28(16-14-27)20-34-18-10-12-30(22-34)32(38)36(25(5)6)26(7)8;;/h13-16,23-26,29-30H,9-12,17-22H2,1-8H3;2*1H. The maximum absolute atomic E-state index is 13.3. The first kappa shape index (κ1) is 37.1. The Hall–Kier alpha value is -0.960. The molecule has 0 N–H and O–H groups in total. The molecule has 2 saturated heterocycles. The number of rotatable bonds is 10. The van der Waals surface area contributed by atoms with Gasteiger partial charge in [0.25, 0.3) is 0 Å². The fraction of sp³-hybridized carbons (Fsp3) is 0.750. The van der Waals surface area contributed by atoms with Crippen molar-refractivity contribution in [3.63, 3.8) is 0 Å². The predicted octanol–water partition coefficient (Wildman–Crippen LogP) is 6.56. The van der Waals surface area contributed by atoms with Crippen molar-refractivity contribution in [1.29, 1.82) is 0 Å². The van der Waals surface area contributed by atoms with Gasteiger partial charge in [-0.15, -0.1) is 34.0 Å².